The van der Waals surface area contributed by atoms with Crippen molar-refractivity contribution in [2.24, 2.45) is 0 Å². The molecule has 2 fully saturated rings. The summed E-state index contributed by atoms with van der Waals surface area (Å²) in [7, 11) is -11.1. The average Bonchev–Trinajstić information content (AvgIpc) is 3.76. The molecule has 56 heavy (non-hydrogen) atoms. The first-order chi connectivity index (χ1) is 26.2. The Morgan fingerprint density at radius 3 is 1.80 bits per heavy atom. The van der Waals surface area contributed by atoms with Crippen molar-refractivity contribution in [1.82, 2.24) is 24.4 Å². The summed E-state index contributed by atoms with van der Waals surface area (Å²) in [6.07, 6.45) is -4.00. The van der Waals surface area contributed by atoms with Gasteiger partial charge in [-0.25, -0.2) is 24.1 Å². The normalized spacial score (nSPS) is 28.2. The number of phosphoric acid groups is 2. The van der Waals surface area contributed by atoms with Crippen molar-refractivity contribution in [2.45, 2.75) is 90.1 Å². The summed E-state index contributed by atoms with van der Waals surface area (Å²) in [5, 5.41) is 0. The fourth-order valence-electron chi connectivity index (χ4n) is 5.99. The summed E-state index contributed by atoms with van der Waals surface area (Å²) in [5.74, 6) is -3.61. The van der Waals surface area contributed by atoms with Gasteiger partial charge in [0, 0.05) is 45.7 Å². The summed E-state index contributed by atoms with van der Waals surface area (Å²) in [6.45, 7) is 3.66. The van der Waals surface area contributed by atoms with Crippen molar-refractivity contribution < 1.29 is 84.7 Å². The first kappa shape index (κ1) is 42.5. The minimum absolute atomic E-state index is 0.00575. The van der Waals surface area contributed by atoms with Gasteiger partial charge < -0.3 is 48.8 Å². The number of allylic oxidation sites excluding steroid dienone is 2. The predicted octanol–water partition coefficient (Wildman–Crippen LogP) is 0.701. The van der Waals surface area contributed by atoms with Gasteiger partial charge in [-0.05, 0) is 13.3 Å². The molecule has 306 valence electrons. The van der Waals surface area contributed by atoms with E-state index in [-0.39, 0.29) is 22.8 Å². The second kappa shape index (κ2) is 17.2. The average molecular weight is 833 g/mol. The van der Waals surface area contributed by atoms with Crippen LogP contribution in [0, 0.1) is 0 Å². The first-order valence-electron chi connectivity index (χ1n) is 16.5. The van der Waals surface area contributed by atoms with Gasteiger partial charge in [-0.2, -0.15) is 4.31 Å². The van der Waals surface area contributed by atoms with Gasteiger partial charge in [-0.1, -0.05) is 6.08 Å². The third-order valence-electron chi connectivity index (χ3n) is 8.12. The summed E-state index contributed by atoms with van der Waals surface area (Å²) >= 11 is 0. The molecule has 24 nitrogen and oxygen atoms in total. The van der Waals surface area contributed by atoms with E-state index in [4.69, 9.17) is 43.2 Å². The maximum Gasteiger partial charge on any atom is 0.481 e. The molecule has 2 aromatic rings. The number of imidazole rings is 1. The number of nitrogens with zero attached hydrogens (tertiary/aromatic N) is 5. The number of phosphoric ester groups is 2. The molecule has 0 aromatic carbocycles. The molecular formula is C30H38N6O18P2. The van der Waals surface area contributed by atoms with Gasteiger partial charge in [0.25, 0.3) is 0 Å². The molecule has 2 aromatic heterocycles. The molecular weight excluding hydrogens is 794 g/mol. The molecule has 4 N–H and O–H groups in total. The topological polar surface area (TPSA) is 316 Å². The fraction of sp³-hybridized carbons (Fsp3) is 0.533. The summed E-state index contributed by atoms with van der Waals surface area (Å²) in [5.41, 5.74) is 6.51. The lowest BCUT2D eigenvalue weighted by Crippen LogP contribution is -2.44. The SMILES string of the molecule is CC(=O)OC1[C@@H](COP(=O)(O)OP(=O)(O)OC[C@H]2O[C@@H](n3cnc4c(N)ncnc43)[C@@H](OC(C)=O)C2OC(C)=O)O[C@@H](N2C=CCC(C(C)=O)=C2)[C@H]1OC(C)=O. The van der Waals surface area contributed by atoms with Crippen LogP contribution in [0.1, 0.15) is 47.3 Å². The van der Waals surface area contributed by atoms with Crippen LogP contribution in [-0.2, 0) is 74.9 Å². The van der Waals surface area contributed by atoms with Crippen LogP contribution in [0.4, 0.5) is 5.82 Å². The van der Waals surface area contributed by atoms with Crippen LogP contribution in [0.15, 0.2) is 36.7 Å². The molecule has 10 atom stereocenters. The summed E-state index contributed by atoms with van der Waals surface area (Å²) in [4.78, 5) is 94.8. The molecule has 0 amide bonds. The molecule has 3 aliphatic heterocycles. The Bertz CT molecular complexity index is 2020. The number of hydrogen-bond acceptors (Lipinski definition) is 21. The number of fused-ring (bicyclic) bond motifs is 1. The van der Waals surface area contributed by atoms with Gasteiger partial charge in [0.1, 0.15) is 24.1 Å². The highest BCUT2D eigenvalue weighted by atomic mass is 31.3. The van der Waals surface area contributed by atoms with Crippen molar-refractivity contribution in [2.75, 3.05) is 18.9 Å². The molecule has 0 radical (unpaired) electrons. The highest BCUT2D eigenvalue weighted by Crippen LogP contribution is 2.61. The Morgan fingerprint density at radius 2 is 1.29 bits per heavy atom. The number of carbonyl (C=O) groups is 5. The van der Waals surface area contributed by atoms with E-state index in [2.05, 4.69) is 19.3 Å². The third-order valence-corrected chi connectivity index (χ3v) is 10.7. The Kier molecular flexibility index (Phi) is 13.1. The fourth-order valence-corrected chi connectivity index (χ4v) is 8.08. The van der Waals surface area contributed by atoms with Crippen molar-refractivity contribution in [3.8, 4) is 0 Å². The number of esters is 4. The van der Waals surface area contributed by atoms with E-state index < -0.39 is 102 Å². The van der Waals surface area contributed by atoms with Gasteiger partial charge in [0.15, 0.2) is 54.1 Å². The number of aromatic nitrogens is 4. The van der Waals surface area contributed by atoms with Crippen molar-refractivity contribution in [3.63, 3.8) is 0 Å². The summed E-state index contributed by atoms with van der Waals surface area (Å²) < 4.78 is 75.0. The molecule has 5 rings (SSSR count). The molecule has 0 spiro atoms. The first-order valence-corrected chi connectivity index (χ1v) is 19.5. The van der Waals surface area contributed by atoms with Crippen molar-refractivity contribution in [1.29, 1.82) is 0 Å². The molecule has 0 bridgehead atoms. The number of rotatable bonds is 15. The Morgan fingerprint density at radius 1 is 0.786 bits per heavy atom. The molecule has 3 aliphatic rings. The van der Waals surface area contributed by atoms with Gasteiger partial charge in [-0.15, -0.1) is 0 Å². The second-order valence-corrected chi connectivity index (χ2v) is 15.4. The number of ether oxygens (including phenoxy) is 6. The number of anilines is 1. The minimum Gasteiger partial charge on any atom is -0.456 e. The molecule has 0 aliphatic carbocycles. The monoisotopic (exact) mass is 832 g/mol. The maximum atomic E-state index is 13.0. The van der Waals surface area contributed by atoms with E-state index in [9.17, 15) is 42.9 Å². The molecule has 5 heterocycles. The van der Waals surface area contributed by atoms with Crippen LogP contribution in [0.2, 0.25) is 0 Å². The van der Waals surface area contributed by atoms with E-state index in [1.54, 1.807) is 6.08 Å². The molecule has 0 saturated carbocycles. The largest absolute Gasteiger partial charge is 0.481 e. The van der Waals surface area contributed by atoms with Crippen LogP contribution in [0.3, 0.4) is 0 Å². The highest BCUT2D eigenvalue weighted by molar-refractivity contribution is 7.61. The standard InChI is InChI=1S/C30H38N6O18P2/c1-14(37)19-7-6-8-35(9-19)29-25(50-17(4)40)23(48-15(2)38)20(52-29)10-46-55(42,43)54-56(44,45)47-11-21-24(49-16(3)39)26(51-18(5)41)30(53-21)36-13-34-22-27(31)32-12-33-28(22)36/h6,8-9,12-13,20-21,23-26,29-30H,7,10-11H2,1-5H3,(H,42,43)(H,44,45)(H2,31,32,33)/t20-,21-,23?,24?,25+,26+,29-,30-/m1/s1. The van der Waals surface area contributed by atoms with E-state index in [0.29, 0.717) is 12.0 Å². The smallest absolute Gasteiger partial charge is 0.456 e. The molecule has 26 heteroatoms. The second-order valence-electron chi connectivity index (χ2n) is 12.4. The van der Waals surface area contributed by atoms with Gasteiger partial charge >= 0.3 is 39.5 Å². The molecule has 4 unspecified atom stereocenters. The Labute approximate surface area is 317 Å². The van der Waals surface area contributed by atoms with Crippen molar-refractivity contribution >= 4 is 62.3 Å². The van der Waals surface area contributed by atoms with Crippen LogP contribution in [-0.4, -0.2) is 120 Å². The quantitative estimate of drug-likeness (QED) is 0.126. The van der Waals surface area contributed by atoms with Gasteiger partial charge in [0.2, 0.25) is 0 Å². The van der Waals surface area contributed by atoms with E-state index in [0.717, 1.165) is 34.0 Å². The minimum atomic E-state index is -5.56. The number of nitrogen functional groups attached to an aromatic ring is 1. The zero-order valence-corrected chi connectivity index (χ0v) is 32.0. The van der Waals surface area contributed by atoms with Crippen LogP contribution >= 0.6 is 15.6 Å². The Hall–Kier alpha value is -4.64. The predicted molar refractivity (Wildman–Crippen MR) is 182 cm³/mol. The highest BCUT2D eigenvalue weighted by Gasteiger charge is 2.54. The number of hydrogen-bond donors (Lipinski definition) is 3. The van der Waals surface area contributed by atoms with Crippen LogP contribution in [0.25, 0.3) is 11.2 Å². The third kappa shape index (κ3) is 10.2. The van der Waals surface area contributed by atoms with Crippen LogP contribution in [0.5, 0.6) is 0 Å². The maximum absolute atomic E-state index is 13.0. The summed E-state index contributed by atoms with van der Waals surface area (Å²) in [6, 6.07) is 0. The number of ketones is 1. The van der Waals surface area contributed by atoms with Gasteiger partial charge in [-0.3, -0.25) is 37.6 Å². The van der Waals surface area contributed by atoms with E-state index >= 15 is 0 Å². The zero-order chi connectivity index (χ0) is 41.1. The van der Waals surface area contributed by atoms with Gasteiger partial charge in [0.05, 0.1) is 19.5 Å². The van der Waals surface area contributed by atoms with E-state index in [1.165, 1.54) is 35.1 Å². The number of Topliss-reactive ketones (excluding diaryl/α,β-unsaturated/α-hetero) is 1. The lowest BCUT2D eigenvalue weighted by Gasteiger charge is -2.30. The number of carbonyl (C=O) groups excluding carboxylic acids is 5. The van der Waals surface area contributed by atoms with Crippen LogP contribution < -0.4 is 5.73 Å². The van der Waals surface area contributed by atoms with Crippen molar-refractivity contribution in [3.05, 3.63) is 36.7 Å². The zero-order valence-electron chi connectivity index (χ0n) is 30.3. The van der Waals surface area contributed by atoms with E-state index in [1.807, 2.05) is 0 Å². The number of nitrogens with two attached hydrogens (primary N) is 1. The lowest BCUT2D eigenvalue weighted by atomic mass is 10.1. The lowest BCUT2D eigenvalue weighted by molar-refractivity contribution is -0.166. The molecule has 2 saturated heterocycles. The Balaban J connectivity index is 1.30.